The molecule has 1 atom stereocenters. The summed E-state index contributed by atoms with van der Waals surface area (Å²) >= 11 is 3.30. The molecule has 0 aromatic heterocycles. The number of piperazine rings is 1. The molecule has 1 aliphatic heterocycles. The molecule has 2 rings (SSSR count). The standard InChI is InChI=1S/C12H17BrN2O3S.ClH/c1-9-8-15(6-5-14-9)19(16,17)12-7-10(13)3-4-11(12)18-2;/h3-4,7,9,14H,5-6,8H2,1-2H3;1H/t9-;/m1./s1. The fourth-order valence-electron chi connectivity index (χ4n) is 2.11. The summed E-state index contributed by atoms with van der Waals surface area (Å²) < 4.78 is 32.7. The topological polar surface area (TPSA) is 58.6 Å². The summed E-state index contributed by atoms with van der Waals surface area (Å²) in [6.07, 6.45) is 0. The van der Waals surface area contributed by atoms with E-state index in [1.54, 1.807) is 18.2 Å². The number of benzene rings is 1. The smallest absolute Gasteiger partial charge is 0.246 e. The van der Waals surface area contributed by atoms with E-state index < -0.39 is 10.0 Å². The minimum Gasteiger partial charge on any atom is -0.495 e. The third-order valence-electron chi connectivity index (χ3n) is 3.07. The first-order chi connectivity index (χ1) is 8.95. The van der Waals surface area contributed by atoms with Crippen LogP contribution >= 0.6 is 28.3 Å². The van der Waals surface area contributed by atoms with Crippen molar-refractivity contribution >= 4 is 38.4 Å². The summed E-state index contributed by atoms with van der Waals surface area (Å²) in [5.74, 6) is 0.370. The molecule has 8 heteroatoms. The van der Waals surface area contributed by atoms with Gasteiger partial charge in [0.15, 0.2) is 0 Å². The third kappa shape index (κ3) is 3.65. The average molecular weight is 386 g/mol. The van der Waals surface area contributed by atoms with E-state index in [2.05, 4.69) is 21.2 Å². The van der Waals surface area contributed by atoms with E-state index in [0.717, 1.165) is 4.47 Å². The van der Waals surface area contributed by atoms with Gasteiger partial charge < -0.3 is 10.1 Å². The van der Waals surface area contributed by atoms with Crippen LogP contribution in [-0.4, -0.2) is 45.5 Å². The van der Waals surface area contributed by atoms with Gasteiger partial charge in [0.05, 0.1) is 7.11 Å². The van der Waals surface area contributed by atoms with Crippen molar-refractivity contribution in [3.05, 3.63) is 22.7 Å². The average Bonchev–Trinajstić information content (AvgIpc) is 2.38. The molecule has 1 aliphatic rings. The van der Waals surface area contributed by atoms with E-state index >= 15 is 0 Å². The van der Waals surface area contributed by atoms with Crippen LogP contribution in [0.3, 0.4) is 0 Å². The molecule has 0 spiro atoms. The van der Waals surface area contributed by atoms with Crippen molar-refractivity contribution in [2.24, 2.45) is 0 Å². The number of ether oxygens (including phenoxy) is 1. The van der Waals surface area contributed by atoms with Crippen molar-refractivity contribution in [1.29, 1.82) is 0 Å². The molecule has 1 N–H and O–H groups in total. The van der Waals surface area contributed by atoms with Gasteiger partial charge in [0.1, 0.15) is 10.6 Å². The molecule has 0 bridgehead atoms. The maximum absolute atomic E-state index is 12.7. The van der Waals surface area contributed by atoms with Gasteiger partial charge in [0, 0.05) is 30.1 Å². The molecule has 1 aromatic rings. The van der Waals surface area contributed by atoms with Crippen LogP contribution in [0.2, 0.25) is 0 Å². The van der Waals surface area contributed by atoms with Crippen LogP contribution in [0, 0.1) is 0 Å². The highest BCUT2D eigenvalue weighted by atomic mass is 79.9. The zero-order chi connectivity index (χ0) is 14.0. The normalized spacial score (nSPS) is 20.2. The molecule has 0 radical (unpaired) electrons. The molecule has 0 aliphatic carbocycles. The largest absolute Gasteiger partial charge is 0.495 e. The van der Waals surface area contributed by atoms with Crippen LogP contribution in [0.1, 0.15) is 6.92 Å². The zero-order valence-corrected chi connectivity index (χ0v) is 14.5. The van der Waals surface area contributed by atoms with Gasteiger partial charge in [-0.2, -0.15) is 4.31 Å². The van der Waals surface area contributed by atoms with Crippen LogP contribution < -0.4 is 10.1 Å². The SMILES string of the molecule is COc1ccc(Br)cc1S(=O)(=O)N1CCN[C@H](C)C1.Cl. The van der Waals surface area contributed by atoms with Crippen molar-refractivity contribution < 1.29 is 13.2 Å². The lowest BCUT2D eigenvalue weighted by molar-refractivity contribution is 0.308. The summed E-state index contributed by atoms with van der Waals surface area (Å²) in [6.45, 7) is 3.58. The first-order valence-corrected chi connectivity index (χ1v) is 8.25. The van der Waals surface area contributed by atoms with Gasteiger partial charge in [0.25, 0.3) is 0 Å². The quantitative estimate of drug-likeness (QED) is 0.863. The molecule has 5 nitrogen and oxygen atoms in total. The Morgan fingerprint density at radius 3 is 2.75 bits per heavy atom. The third-order valence-corrected chi connectivity index (χ3v) is 5.45. The van der Waals surface area contributed by atoms with Gasteiger partial charge in [-0.05, 0) is 25.1 Å². The summed E-state index contributed by atoms with van der Waals surface area (Å²) in [5.41, 5.74) is 0. The van der Waals surface area contributed by atoms with Crippen molar-refractivity contribution in [1.82, 2.24) is 9.62 Å². The first-order valence-electron chi connectivity index (χ1n) is 6.02. The van der Waals surface area contributed by atoms with Gasteiger partial charge in [-0.25, -0.2) is 8.42 Å². The summed E-state index contributed by atoms with van der Waals surface area (Å²) in [4.78, 5) is 0.207. The Bertz CT molecular complexity index is 568. The van der Waals surface area contributed by atoms with Gasteiger partial charge in [0.2, 0.25) is 10.0 Å². The fraction of sp³-hybridized carbons (Fsp3) is 0.500. The molecule has 0 amide bonds. The fourth-order valence-corrected chi connectivity index (χ4v) is 4.33. The second-order valence-electron chi connectivity index (χ2n) is 4.51. The summed E-state index contributed by atoms with van der Waals surface area (Å²) in [5, 5.41) is 3.23. The van der Waals surface area contributed by atoms with E-state index in [9.17, 15) is 8.42 Å². The predicted molar refractivity (Wildman–Crippen MR) is 84.2 cm³/mol. The van der Waals surface area contributed by atoms with Crippen LogP contribution in [0.5, 0.6) is 5.75 Å². The molecule has 20 heavy (non-hydrogen) atoms. The lowest BCUT2D eigenvalue weighted by Gasteiger charge is -2.31. The zero-order valence-electron chi connectivity index (χ0n) is 11.3. The molecule has 1 fully saturated rings. The Hall–Kier alpha value is -0.340. The van der Waals surface area contributed by atoms with Crippen LogP contribution in [0.4, 0.5) is 0 Å². The molecule has 1 saturated heterocycles. The molecule has 0 unspecified atom stereocenters. The van der Waals surface area contributed by atoms with Gasteiger partial charge in [-0.3, -0.25) is 0 Å². The number of hydrogen-bond acceptors (Lipinski definition) is 4. The van der Waals surface area contributed by atoms with Crippen molar-refractivity contribution in [3.63, 3.8) is 0 Å². The number of halogens is 2. The number of methoxy groups -OCH3 is 1. The monoisotopic (exact) mass is 384 g/mol. The highest BCUT2D eigenvalue weighted by Gasteiger charge is 2.30. The minimum atomic E-state index is -3.52. The number of rotatable bonds is 3. The Morgan fingerprint density at radius 1 is 1.45 bits per heavy atom. The van der Waals surface area contributed by atoms with Crippen molar-refractivity contribution in [3.8, 4) is 5.75 Å². The van der Waals surface area contributed by atoms with E-state index in [1.165, 1.54) is 11.4 Å². The molecular formula is C12H18BrClN2O3S. The van der Waals surface area contributed by atoms with Gasteiger partial charge >= 0.3 is 0 Å². The van der Waals surface area contributed by atoms with E-state index in [-0.39, 0.29) is 23.3 Å². The maximum Gasteiger partial charge on any atom is 0.246 e. The minimum absolute atomic E-state index is 0. The number of nitrogens with zero attached hydrogens (tertiary/aromatic N) is 1. The Kier molecular flexibility index (Phi) is 6.27. The van der Waals surface area contributed by atoms with E-state index in [0.29, 0.717) is 25.4 Å². The second kappa shape index (κ2) is 7.09. The molecular weight excluding hydrogens is 368 g/mol. The Balaban J connectivity index is 0.00000200. The van der Waals surface area contributed by atoms with E-state index in [1.807, 2.05) is 6.92 Å². The van der Waals surface area contributed by atoms with Crippen LogP contribution in [-0.2, 0) is 10.0 Å². The number of nitrogens with one attached hydrogen (secondary N) is 1. The molecule has 114 valence electrons. The Morgan fingerprint density at radius 2 is 2.15 bits per heavy atom. The van der Waals surface area contributed by atoms with Crippen LogP contribution in [0.25, 0.3) is 0 Å². The van der Waals surface area contributed by atoms with E-state index in [4.69, 9.17) is 4.74 Å². The van der Waals surface area contributed by atoms with Gasteiger partial charge in [-0.1, -0.05) is 15.9 Å². The van der Waals surface area contributed by atoms with Crippen molar-refractivity contribution in [2.45, 2.75) is 17.9 Å². The van der Waals surface area contributed by atoms with Crippen LogP contribution in [0.15, 0.2) is 27.6 Å². The summed E-state index contributed by atoms with van der Waals surface area (Å²) in [6, 6.07) is 5.16. The number of sulfonamides is 1. The molecule has 1 aromatic carbocycles. The first kappa shape index (κ1) is 17.7. The highest BCUT2D eigenvalue weighted by molar-refractivity contribution is 9.10. The molecule has 1 heterocycles. The number of hydrogen-bond donors (Lipinski definition) is 1. The van der Waals surface area contributed by atoms with Gasteiger partial charge in [-0.15, -0.1) is 12.4 Å². The predicted octanol–water partition coefficient (Wildman–Crippen LogP) is 1.86. The lowest BCUT2D eigenvalue weighted by atomic mass is 10.3. The second-order valence-corrected chi connectivity index (χ2v) is 7.34. The maximum atomic E-state index is 12.7. The lowest BCUT2D eigenvalue weighted by Crippen LogP contribution is -2.51. The Labute approximate surface area is 134 Å². The summed E-state index contributed by atoms with van der Waals surface area (Å²) in [7, 11) is -2.05. The molecule has 0 saturated carbocycles. The highest BCUT2D eigenvalue weighted by Crippen LogP contribution is 2.30. The van der Waals surface area contributed by atoms with Crippen molar-refractivity contribution in [2.75, 3.05) is 26.7 Å².